The van der Waals surface area contributed by atoms with Crippen LogP contribution in [0.3, 0.4) is 0 Å². The smallest absolute Gasteiger partial charge is 0.272 e. The van der Waals surface area contributed by atoms with Gasteiger partial charge in [-0.2, -0.15) is 5.10 Å². The number of anilines is 3. The second kappa shape index (κ2) is 12.9. The van der Waals surface area contributed by atoms with E-state index in [-0.39, 0.29) is 34.7 Å². The number of rotatable bonds is 12. The molecule has 43 heavy (non-hydrogen) atoms. The van der Waals surface area contributed by atoms with Crippen molar-refractivity contribution < 1.29 is 19.1 Å². The van der Waals surface area contributed by atoms with Gasteiger partial charge in [0.15, 0.2) is 11.5 Å². The molecule has 12 nitrogen and oxygen atoms in total. The van der Waals surface area contributed by atoms with E-state index in [1.807, 2.05) is 68.7 Å². The van der Waals surface area contributed by atoms with E-state index < -0.39 is 11.1 Å². The zero-order chi connectivity index (χ0) is 31.4. The quantitative estimate of drug-likeness (QED) is 0.221. The molecule has 1 aromatic carbocycles. The van der Waals surface area contributed by atoms with Gasteiger partial charge in [-0.3, -0.25) is 19.1 Å². The molecule has 1 fully saturated rings. The Bertz CT molecular complexity index is 1500. The summed E-state index contributed by atoms with van der Waals surface area (Å²) in [7, 11) is 7.20. The Morgan fingerprint density at radius 1 is 1.09 bits per heavy atom. The van der Waals surface area contributed by atoms with Gasteiger partial charge in [-0.1, -0.05) is 32.9 Å². The SMILES string of the molecule is BC(B)(B)NC(=O)c1nnc(NC(=O)C2CC2)cc1Nc1cccc(-c2cnn(CCNC(=O)CC(C)(C)C)c2)c1OC. The molecule has 4 N–H and O–H groups in total. The van der Waals surface area contributed by atoms with Crippen molar-refractivity contribution in [3.05, 3.63) is 42.4 Å². The number of ether oxygens (including phenoxy) is 1. The molecular formula is C28H39B3N8O4. The largest absolute Gasteiger partial charge is 0.494 e. The van der Waals surface area contributed by atoms with Crippen LogP contribution in [0.25, 0.3) is 11.1 Å². The minimum atomic E-state index is -0.498. The Balaban J connectivity index is 1.57. The van der Waals surface area contributed by atoms with E-state index in [0.29, 0.717) is 36.6 Å². The summed E-state index contributed by atoms with van der Waals surface area (Å²) >= 11 is 0. The standard InChI is InChI=1S/C28H39B3N8O4/c1-27(2,3)13-22(40)32-10-11-39-15-17(14-33-39)18-6-5-7-19(24(18)43-4)34-20-12-21(35-25(41)16-8-9-16)37-38-23(20)26(42)36-28(29,30)31/h5-7,12,14-16H,8-11,13,29-31H2,1-4H3,(H,32,40)(H,36,42)(H2,34,35,37,41). The molecule has 0 aliphatic heterocycles. The number of aromatic nitrogens is 4. The Labute approximate surface area is 254 Å². The molecule has 3 aromatic rings. The van der Waals surface area contributed by atoms with Crippen LogP contribution in [-0.2, 0) is 16.1 Å². The Morgan fingerprint density at radius 2 is 1.84 bits per heavy atom. The van der Waals surface area contributed by atoms with Gasteiger partial charge >= 0.3 is 0 Å². The van der Waals surface area contributed by atoms with Crippen molar-refractivity contribution in [2.45, 2.75) is 51.8 Å². The van der Waals surface area contributed by atoms with Crippen LogP contribution in [-0.4, -0.2) is 80.1 Å². The highest BCUT2D eigenvalue weighted by atomic mass is 16.5. The van der Waals surface area contributed by atoms with E-state index >= 15 is 0 Å². The third-order valence-electron chi connectivity index (χ3n) is 6.48. The molecule has 0 unspecified atom stereocenters. The van der Waals surface area contributed by atoms with Gasteiger partial charge in [0, 0.05) is 42.3 Å². The molecule has 0 saturated heterocycles. The van der Waals surface area contributed by atoms with Gasteiger partial charge < -0.3 is 26.0 Å². The number of carbonyl (C=O) groups is 3. The molecule has 1 saturated carbocycles. The monoisotopic (exact) mass is 584 g/mol. The zero-order valence-electron chi connectivity index (χ0n) is 26.0. The zero-order valence-corrected chi connectivity index (χ0v) is 26.0. The number of benzene rings is 1. The summed E-state index contributed by atoms with van der Waals surface area (Å²) in [5, 5.41) is 24.2. The minimum Gasteiger partial charge on any atom is -0.494 e. The summed E-state index contributed by atoms with van der Waals surface area (Å²) in [4.78, 5) is 37.7. The fourth-order valence-electron chi connectivity index (χ4n) is 4.40. The summed E-state index contributed by atoms with van der Waals surface area (Å²) < 4.78 is 7.59. The lowest BCUT2D eigenvalue weighted by molar-refractivity contribution is -0.122. The molecular weight excluding hydrogens is 545 g/mol. The van der Waals surface area contributed by atoms with Crippen molar-refractivity contribution in [1.29, 1.82) is 0 Å². The molecule has 2 aromatic heterocycles. The number of methoxy groups -OCH3 is 1. The van der Waals surface area contributed by atoms with Crippen molar-refractivity contribution in [3.63, 3.8) is 0 Å². The number of nitrogens with zero attached hydrogens (tertiary/aromatic N) is 4. The lowest BCUT2D eigenvalue weighted by atomic mass is 9.49. The lowest BCUT2D eigenvalue weighted by Crippen LogP contribution is -2.50. The number of carbonyl (C=O) groups excluding carboxylic acids is 3. The first kappa shape index (κ1) is 31.6. The van der Waals surface area contributed by atoms with Crippen LogP contribution in [0.4, 0.5) is 17.2 Å². The topological polar surface area (TPSA) is 152 Å². The highest BCUT2D eigenvalue weighted by molar-refractivity contribution is 6.60. The van der Waals surface area contributed by atoms with E-state index in [1.54, 1.807) is 24.1 Å². The number of hydrogen-bond donors (Lipinski definition) is 4. The molecule has 224 valence electrons. The van der Waals surface area contributed by atoms with Gasteiger partial charge in [0.25, 0.3) is 5.91 Å². The maximum atomic E-state index is 13.2. The number of hydrogen-bond acceptors (Lipinski definition) is 8. The second-order valence-corrected chi connectivity index (χ2v) is 13.1. The van der Waals surface area contributed by atoms with Gasteiger partial charge in [-0.05, 0) is 29.6 Å². The van der Waals surface area contributed by atoms with Crippen LogP contribution >= 0.6 is 0 Å². The van der Waals surface area contributed by atoms with E-state index in [9.17, 15) is 14.4 Å². The Hall–Kier alpha value is -4.29. The first-order valence-electron chi connectivity index (χ1n) is 14.5. The van der Waals surface area contributed by atoms with E-state index in [0.717, 1.165) is 24.0 Å². The van der Waals surface area contributed by atoms with E-state index in [1.165, 1.54) is 0 Å². The van der Waals surface area contributed by atoms with E-state index in [2.05, 4.69) is 36.6 Å². The van der Waals surface area contributed by atoms with E-state index in [4.69, 9.17) is 4.74 Å². The highest BCUT2D eigenvalue weighted by Gasteiger charge is 2.30. The van der Waals surface area contributed by atoms with Crippen molar-refractivity contribution >= 4 is 58.5 Å². The fourth-order valence-corrected chi connectivity index (χ4v) is 4.40. The summed E-state index contributed by atoms with van der Waals surface area (Å²) in [6, 6.07) is 7.20. The van der Waals surface area contributed by atoms with Crippen LogP contribution in [0.2, 0.25) is 0 Å². The van der Waals surface area contributed by atoms with Crippen molar-refractivity contribution in [2.24, 2.45) is 11.3 Å². The molecule has 3 amide bonds. The van der Waals surface area contributed by atoms with Crippen molar-refractivity contribution in [1.82, 2.24) is 30.6 Å². The molecule has 0 spiro atoms. The summed E-state index contributed by atoms with van der Waals surface area (Å²) in [5.74, 6) is 0.253. The summed E-state index contributed by atoms with van der Waals surface area (Å²) in [6.45, 7) is 7.06. The first-order valence-corrected chi connectivity index (χ1v) is 14.5. The molecule has 2 heterocycles. The van der Waals surface area contributed by atoms with Crippen LogP contribution in [0.5, 0.6) is 5.75 Å². The summed E-state index contributed by atoms with van der Waals surface area (Å²) in [5.41, 5.74) is 2.54. The third-order valence-corrected chi connectivity index (χ3v) is 6.48. The predicted octanol–water partition coefficient (Wildman–Crippen LogP) is 0.234. The van der Waals surface area contributed by atoms with Crippen LogP contribution < -0.4 is 26.0 Å². The van der Waals surface area contributed by atoms with Crippen LogP contribution in [0.15, 0.2) is 36.7 Å². The minimum absolute atomic E-state index is 0.0109. The van der Waals surface area contributed by atoms with Gasteiger partial charge in [0.2, 0.25) is 11.8 Å². The molecule has 4 rings (SSSR count). The maximum absolute atomic E-state index is 13.2. The number of para-hydroxylation sites is 1. The van der Waals surface area contributed by atoms with Crippen LogP contribution in [0.1, 0.15) is 50.5 Å². The lowest BCUT2D eigenvalue weighted by Gasteiger charge is -2.22. The highest BCUT2D eigenvalue weighted by Crippen LogP contribution is 2.38. The molecule has 0 atom stereocenters. The average Bonchev–Trinajstić information content (AvgIpc) is 3.65. The number of nitrogens with one attached hydrogen (secondary N) is 4. The van der Waals surface area contributed by atoms with Crippen molar-refractivity contribution in [2.75, 3.05) is 24.3 Å². The van der Waals surface area contributed by atoms with Gasteiger partial charge in [-0.25, -0.2) is 0 Å². The maximum Gasteiger partial charge on any atom is 0.272 e. The third kappa shape index (κ3) is 9.10. The molecule has 0 bridgehead atoms. The molecule has 1 aliphatic rings. The molecule has 15 heteroatoms. The molecule has 0 radical (unpaired) electrons. The number of amides is 3. The van der Waals surface area contributed by atoms with Gasteiger partial charge in [-0.15, -0.1) is 10.2 Å². The average molecular weight is 584 g/mol. The normalized spacial score (nSPS) is 13.2. The van der Waals surface area contributed by atoms with Crippen LogP contribution in [0, 0.1) is 11.3 Å². The fraction of sp³-hybridized carbons (Fsp3) is 0.429. The van der Waals surface area contributed by atoms with Gasteiger partial charge in [0.05, 0.1) is 31.2 Å². The Kier molecular flexibility index (Phi) is 9.51. The Morgan fingerprint density at radius 3 is 2.49 bits per heavy atom. The first-order chi connectivity index (χ1) is 20.2. The van der Waals surface area contributed by atoms with Crippen molar-refractivity contribution in [3.8, 4) is 16.9 Å². The summed E-state index contributed by atoms with van der Waals surface area (Å²) in [6.07, 6.45) is 5.78. The van der Waals surface area contributed by atoms with Gasteiger partial charge in [0.1, 0.15) is 29.3 Å². The predicted molar refractivity (Wildman–Crippen MR) is 174 cm³/mol. The molecule has 1 aliphatic carbocycles. The second-order valence-electron chi connectivity index (χ2n) is 13.1.